The number of nitrogens with zero attached hydrogens (tertiary/aromatic N) is 8. The van der Waals surface area contributed by atoms with Crippen LogP contribution >= 0.6 is 0 Å². The number of tetrazole rings is 1. The molecule has 11 nitrogen and oxygen atoms in total. The van der Waals surface area contributed by atoms with Gasteiger partial charge in [0.25, 0.3) is 0 Å². The molecule has 4 rings (SSSR count). The second-order valence-corrected chi connectivity index (χ2v) is 9.12. The zero-order valence-corrected chi connectivity index (χ0v) is 18.4. The molecule has 0 aromatic carbocycles. The van der Waals surface area contributed by atoms with Crippen molar-refractivity contribution in [3.63, 3.8) is 0 Å². The van der Waals surface area contributed by atoms with E-state index < -0.39 is 5.60 Å². The molecule has 0 spiro atoms. The largest absolute Gasteiger partial charge is 0.444 e. The van der Waals surface area contributed by atoms with E-state index in [2.05, 4.69) is 25.4 Å². The Labute approximate surface area is 181 Å². The molecular formula is C20H30N8O3. The molecule has 0 N–H and O–H groups in total. The van der Waals surface area contributed by atoms with Crippen molar-refractivity contribution in [3.05, 3.63) is 12.4 Å². The van der Waals surface area contributed by atoms with Crippen molar-refractivity contribution in [3.8, 4) is 0 Å². The molecule has 2 aliphatic heterocycles. The Morgan fingerprint density at radius 2 is 1.71 bits per heavy atom. The molecule has 2 saturated heterocycles. The lowest BCUT2D eigenvalue weighted by molar-refractivity contribution is -0.136. The Morgan fingerprint density at radius 3 is 2.45 bits per heavy atom. The molecule has 0 radical (unpaired) electrons. The van der Waals surface area contributed by atoms with Crippen LogP contribution in [0.3, 0.4) is 0 Å². The van der Waals surface area contributed by atoms with Crippen molar-refractivity contribution in [2.24, 2.45) is 5.92 Å². The first-order valence-corrected chi connectivity index (χ1v) is 10.9. The molecule has 2 amide bonds. The van der Waals surface area contributed by atoms with Crippen LogP contribution in [0.1, 0.15) is 40.0 Å². The lowest BCUT2D eigenvalue weighted by Gasteiger charge is -2.34. The first-order chi connectivity index (χ1) is 14.8. The van der Waals surface area contributed by atoms with Crippen LogP contribution in [0.5, 0.6) is 0 Å². The summed E-state index contributed by atoms with van der Waals surface area (Å²) in [6.07, 6.45) is 5.37. The van der Waals surface area contributed by atoms with Gasteiger partial charge in [-0.2, -0.15) is 4.52 Å². The van der Waals surface area contributed by atoms with Crippen LogP contribution in [-0.2, 0) is 9.53 Å². The monoisotopic (exact) mass is 430 g/mol. The second-order valence-electron chi connectivity index (χ2n) is 9.12. The summed E-state index contributed by atoms with van der Waals surface area (Å²) in [6.45, 7) is 9.41. The summed E-state index contributed by atoms with van der Waals surface area (Å²) >= 11 is 0. The van der Waals surface area contributed by atoms with Crippen molar-refractivity contribution in [1.82, 2.24) is 34.8 Å². The lowest BCUT2D eigenvalue weighted by atomic mass is 9.95. The number of carbonyl (C=O) groups is 2. The highest BCUT2D eigenvalue weighted by Gasteiger charge is 2.32. The maximum absolute atomic E-state index is 13.1. The van der Waals surface area contributed by atoms with Crippen LogP contribution in [0.25, 0.3) is 5.65 Å². The van der Waals surface area contributed by atoms with Gasteiger partial charge in [0.05, 0.1) is 12.4 Å². The van der Waals surface area contributed by atoms with Crippen molar-refractivity contribution in [2.75, 3.05) is 44.2 Å². The molecular weight excluding hydrogens is 400 g/mol. The molecule has 0 unspecified atom stereocenters. The van der Waals surface area contributed by atoms with Gasteiger partial charge in [-0.15, -0.1) is 5.10 Å². The van der Waals surface area contributed by atoms with Gasteiger partial charge in [-0.3, -0.25) is 9.78 Å². The number of anilines is 1. The third-order valence-corrected chi connectivity index (χ3v) is 5.72. The summed E-state index contributed by atoms with van der Waals surface area (Å²) in [5.74, 6) is 1.02. The number of piperidine rings is 1. The third kappa shape index (κ3) is 4.86. The summed E-state index contributed by atoms with van der Waals surface area (Å²) in [5.41, 5.74) is 0.0875. The number of ether oxygens (including phenoxy) is 1. The van der Waals surface area contributed by atoms with E-state index >= 15 is 0 Å². The maximum Gasteiger partial charge on any atom is 0.410 e. The number of hydrogen-bond acceptors (Lipinski definition) is 8. The van der Waals surface area contributed by atoms with E-state index in [4.69, 9.17) is 4.74 Å². The lowest BCUT2D eigenvalue weighted by Crippen LogP contribution is -2.44. The number of fused-ring (bicyclic) bond motifs is 1. The maximum atomic E-state index is 13.1. The molecule has 11 heteroatoms. The van der Waals surface area contributed by atoms with Gasteiger partial charge in [0, 0.05) is 45.2 Å². The molecule has 0 aliphatic carbocycles. The summed E-state index contributed by atoms with van der Waals surface area (Å²) in [6, 6.07) is 0. The van der Waals surface area contributed by atoms with Crippen LogP contribution in [0.15, 0.2) is 12.4 Å². The predicted molar refractivity (Wildman–Crippen MR) is 113 cm³/mol. The van der Waals surface area contributed by atoms with E-state index in [0.717, 1.165) is 38.2 Å². The van der Waals surface area contributed by atoms with Gasteiger partial charge in [-0.05, 0) is 50.5 Å². The quantitative estimate of drug-likeness (QED) is 0.699. The SMILES string of the molecule is CC(C)(C)OC(=O)N1CCCN(C(=O)C2CCN(c3cncc4nnnn34)CC2)CC1. The van der Waals surface area contributed by atoms with Gasteiger partial charge in [0.15, 0.2) is 11.5 Å². The van der Waals surface area contributed by atoms with Crippen molar-refractivity contribution >= 4 is 23.5 Å². The number of amides is 2. The zero-order valence-electron chi connectivity index (χ0n) is 18.4. The second kappa shape index (κ2) is 8.64. The molecule has 2 aromatic heterocycles. The van der Waals surface area contributed by atoms with Gasteiger partial charge >= 0.3 is 6.09 Å². The Morgan fingerprint density at radius 1 is 1.00 bits per heavy atom. The molecule has 0 saturated carbocycles. The van der Waals surface area contributed by atoms with Gasteiger partial charge in [0.2, 0.25) is 5.91 Å². The average Bonchev–Trinajstić information content (AvgIpc) is 3.08. The molecule has 31 heavy (non-hydrogen) atoms. The molecule has 2 fully saturated rings. The molecule has 0 bridgehead atoms. The van der Waals surface area contributed by atoms with E-state index in [1.807, 2.05) is 25.7 Å². The van der Waals surface area contributed by atoms with Crippen LogP contribution in [0.4, 0.5) is 10.6 Å². The Balaban J connectivity index is 1.32. The first kappa shape index (κ1) is 21.3. The summed E-state index contributed by atoms with van der Waals surface area (Å²) in [7, 11) is 0. The molecule has 2 aromatic rings. The number of carbonyl (C=O) groups excluding carboxylic acids is 2. The summed E-state index contributed by atoms with van der Waals surface area (Å²) in [4.78, 5) is 35.5. The topological polar surface area (TPSA) is 109 Å². The fourth-order valence-corrected chi connectivity index (χ4v) is 4.14. The number of rotatable bonds is 2. The minimum absolute atomic E-state index is 0.00893. The van der Waals surface area contributed by atoms with E-state index in [9.17, 15) is 9.59 Å². The Bertz CT molecular complexity index is 932. The predicted octanol–water partition coefficient (Wildman–Crippen LogP) is 1.21. The summed E-state index contributed by atoms with van der Waals surface area (Å²) in [5, 5.41) is 11.7. The zero-order chi connectivity index (χ0) is 22.0. The normalized spacial score (nSPS) is 18.9. The van der Waals surface area contributed by atoms with E-state index in [-0.39, 0.29) is 17.9 Å². The van der Waals surface area contributed by atoms with Crippen molar-refractivity contribution in [1.29, 1.82) is 0 Å². The first-order valence-electron chi connectivity index (χ1n) is 10.9. The average molecular weight is 431 g/mol. The van der Waals surface area contributed by atoms with E-state index in [0.29, 0.717) is 31.8 Å². The van der Waals surface area contributed by atoms with Crippen molar-refractivity contribution in [2.45, 2.75) is 45.6 Å². The highest BCUT2D eigenvalue weighted by molar-refractivity contribution is 5.79. The molecule has 0 atom stereocenters. The van der Waals surface area contributed by atoms with Crippen LogP contribution in [0, 0.1) is 5.92 Å². The van der Waals surface area contributed by atoms with Crippen molar-refractivity contribution < 1.29 is 14.3 Å². The van der Waals surface area contributed by atoms with Gasteiger partial charge in [-0.1, -0.05) is 0 Å². The van der Waals surface area contributed by atoms with E-state index in [1.165, 1.54) is 0 Å². The number of hydrogen-bond donors (Lipinski definition) is 0. The van der Waals surface area contributed by atoms with Crippen LogP contribution in [0.2, 0.25) is 0 Å². The Hall–Kier alpha value is -2.98. The molecule has 4 heterocycles. The highest BCUT2D eigenvalue weighted by Crippen LogP contribution is 2.25. The minimum Gasteiger partial charge on any atom is -0.444 e. The number of aromatic nitrogens is 5. The summed E-state index contributed by atoms with van der Waals surface area (Å²) < 4.78 is 7.16. The minimum atomic E-state index is -0.519. The van der Waals surface area contributed by atoms with Gasteiger partial charge in [0.1, 0.15) is 5.60 Å². The molecule has 2 aliphatic rings. The van der Waals surface area contributed by atoms with Crippen LogP contribution < -0.4 is 4.90 Å². The van der Waals surface area contributed by atoms with Gasteiger partial charge < -0.3 is 19.4 Å². The van der Waals surface area contributed by atoms with Gasteiger partial charge in [-0.25, -0.2) is 4.79 Å². The van der Waals surface area contributed by atoms with Crippen LogP contribution in [-0.4, -0.2) is 91.7 Å². The highest BCUT2D eigenvalue weighted by atomic mass is 16.6. The fourth-order valence-electron chi connectivity index (χ4n) is 4.14. The Kier molecular flexibility index (Phi) is 5.92. The standard InChI is InChI=1S/C20H30N8O3/c1-20(2,3)31-19(30)27-8-4-7-26(11-12-27)18(29)15-5-9-25(10-6-15)17-14-21-13-16-22-23-24-28(16)17/h13-15H,4-12H2,1-3H3. The fraction of sp³-hybridized carbons (Fsp3) is 0.700. The third-order valence-electron chi connectivity index (χ3n) is 5.72. The van der Waals surface area contributed by atoms with E-state index in [1.54, 1.807) is 21.8 Å². The molecule has 168 valence electrons. The smallest absolute Gasteiger partial charge is 0.410 e.